The quantitative estimate of drug-likeness (QED) is 0.332. The molecule has 162 valence electrons. The molecular formula is C20H20N4O7. The summed E-state index contributed by atoms with van der Waals surface area (Å²) in [6.45, 7) is 0. The monoisotopic (exact) mass is 428 g/mol. The number of furan rings is 1. The van der Waals surface area contributed by atoms with E-state index in [4.69, 9.17) is 20.4 Å². The lowest BCUT2D eigenvalue weighted by Gasteiger charge is -2.13. The number of carboxylic acids is 2. The Morgan fingerprint density at radius 1 is 1.10 bits per heavy atom. The van der Waals surface area contributed by atoms with Crippen LogP contribution in [0.5, 0.6) is 5.88 Å². The smallest absolute Gasteiger partial charge is 0.326 e. The summed E-state index contributed by atoms with van der Waals surface area (Å²) < 4.78 is 5.57. The number of benzene rings is 1. The Kier molecular flexibility index (Phi) is 6.34. The number of anilines is 1. The predicted octanol–water partition coefficient (Wildman–Crippen LogP) is 1.34. The van der Waals surface area contributed by atoms with Crippen molar-refractivity contribution in [2.75, 3.05) is 5.73 Å². The van der Waals surface area contributed by atoms with E-state index in [-0.39, 0.29) is 35.9 Å². The van der Waals surface area contributed by atoms with E-state index in [9.17, 15) is 19.5 Å². The number of aromatic hydroxyl groups is 1. The van der Waals surface area contributed by atoms with Gasteiger partial charge in [0.05, 0.1) is 0 Å². The van der Waals surface area contributed by atoms with E-state index in [1.165, 1.54) is 0 Å². The third-order valence-corrected chi connectivity index (χ3v) is 4.57. The van der Waals surface area contributed by atoms with E-state index in [0.717, 1.165) is 5.56 Å². The topological polar surface area (TPSA) is 189 Å². The lowest BCUT2D eigenvalue weighted by molar-refractivity contribution is -0.140. The molecule has 31 heavy (non-hydrogen) atoms. The second kappa shape index (κ2) is 9.11. The van der Waals surface area contributed by atoms with Gasteiger partial charge in [-0.1, -0.05) is 12.1 Å². The highest BCUT2D eigenvalue weighted by atomic mass is 16.4. The van der Waals surface area contributed by atoms with Crippen LogP contribution < -0.4 is 11.1 Å². The van der Waals surface area contributed by atoms with E-state index in [0.29, 0.717) is 24.0 Å². The Balaban J connectivity index is 1.60. The van der Waals surface area contributed by atoms with E-state index in [1.54, 1.807) is 30.3 Å². The number of aryl methyl sites for hydroxylation is 2. The Morgan fingerprint density at radius 2 is 1.81 bits per heavy atom. The number of rotatable bonds is 9. The summed E-state index contributed by atoms with van der Waals surface area (Å²) in [6.07, 6.45) is 0.491. The molecule has 11 nitrogen and oxygen atoms in total. The van der Waals surface area contributed by atoms with Gasteiger partial charge >= 0.3 is 11.9 Å². The summed E-state index contributed by atoms with van der Waals surface area (Å²) in [5, 5.41) is 30.3. The summed E-state index contributed by atoms with van der Waals surface area (Å²) in [4.78, 5) is 41.7. The fraction of sp³-hybridized carbons (Fsp3) is 0.250. The second-order valence-electron chi connectivity index (χ2n) is 6.83. The molecule has 0 saturated carbocycles. The third kappa shape index (κ3) is 5.47. The first-order valence-electron chi connectivity index (χ1n) is 9.32. The van der Waals surface area contributed by atoms with Gasteiger partial charge in [0.1, 0.15) is 17.2 Å². The zero-order chi connectivity index (χ0) is 22.5. The van der Waals surface area contributed by atoms with Crippen molar-refractivity contribution in [1.82, 2.24) is 15.3 Å². The largest absolute Gasteiger partial charge is 0.493 e. The summed E-state index contributed by atoms with van der Waals surface area (Å²) in [7, 11) is 0. The van der Waals surface area contributed by atoms with Crippen LogP contribution in [0, 0.1) is 0 Å². The minimum Gasteiger partial charge on any atom is -0.493 e. The molecule has 0 aliphatic heterocycles. The summed E-state index contributed by atoms with van der Waals surface area (Å²) in [5.41, 5.74) is 6.83. The number of aliphatic carboxylic acids is 2. The van der Waals surface area contributed by atoms with E-state index in [2.05, 4.69) is 15.3 Å². The van der Waals surface area contributed by atoms with Crippen LogP contribution in [-0.2, 0) is 22.4 Å². The lowest BCUT2D eigenvalue weighted by Crippen LogP contribution is -2.41. The molecule has 3 rings (SSSR count). The highest BCUT2D eigenvalue weighted by Crippen LogP contribution is 2.26. The predicted molar refractivity (Wildman–Crippen MR) is 107 cm³/mol. The number of nitrogens with zero attached hydrogens (tertiary/aromatic N) is 2. The van der Waals surface area contributed by atoms with Gasteiger partial charge in [-0.3, -0.25) is 9.59 Å². The van der Waals surface area contributed by atoms with Crippen LogP contribution in [0.15, 0.2) is 34.7 Å². The van der Waals surface area contributed by atoms with Gasteiger partial charge in [-0.25, -0.2) is 4.79 Å². The number of amides is 1. The summed E-state index contributed by atoms with van der Waals surface area (Å²) >= 11 is 0. The third-order valence-electron chi connectivity index (χ3n) is 4.57. The van der Waals surface area contributed by atoms with Gasteiger partial charge in [-0.15, -0.1) is 0 Å². The zero-order valence-electron chi connectivity index (χ0n) is 16.2. The first-order chi connectivity index (χ1) is 14.7. The molecule has 1 atom stereocenters. The maximum Gasteiger partial charge on any atom is 0.326 e. The van der Waals surface area contributed by atoms with Gasteiger partial charge in [0.15, 0.2) is 0 Å². The number of aromatic nitrogens is 2. The van der Waals surface area contributed by atoms with Crippen LogP contribution in [0.4, 0.5) is 5.95 Å². The van der Waals surface area contributed by atoms with Gasteiger partial charge in [0, 0.05) is 18.4 Å². The molecule has 0 bridgehead atoms. The van der Waals surface area contributed by atoms with E-state index in [1.807, 2.05) is 0 Å². The fourth-order valence-corrected chi connectivity index (χ4v) is 2.95. The van der Waals surface area contributed by atoms with Crippen molar-refractivity contribution in [2.24, 2.45) is 0 Å². The van der Waals surface area contributed by atoms with Crippen molar-refractivity contribution >= 4 is 34.9 Å². The Bertz CT molecular complexity index is 1120. The second-order valence-corrected chi connectivity index (χ2v) is 6.83. The lowest BCUT2D eigenvalue weighted by atomic mass is 10.1. The normalized spacial score (nSPS) is 11.9. The summed E-state index contributed by atoms with van der Waals surface area (Å²) in [6, 6.07) is 6.90. The Labute approximate surface area is 175 Å². The van der Waals surface area contributed by atoms with E-state index >= 15 is 0 Å². The SMILES string of the molecule is Nc1nc(O)c2cc(CCc3ccc(C(=O)N[C@@H](CCC(=O)O)C(=O)O)cc3)oc2n1. The van der Waals surface area contributed by atoms with E-state index < -0.39 is 23.9 Å². The molecule has 0 spiro atoms. The number of carboxylic acid groups (broad SMARTS) is 2. The molecular weight excluding hydrogens is 408 g/mol. The molecule has 0 saturated heterocycles. The van der Waals surface area contributed by atoms with Crippen LogP contribution >= 0.6 is 0 Å². The minimum atomic E-state index is -1.30. The Morgan fingerprint density at radius 3 is 2.45 bits per heavy atom. The molecule has 0 aliphatic carbocycles. The van der Waals surface area contributed by atoms with Crippen molar-refractivity contribution in [3.05, 3.63) is 47.2 Å². The molecule has 0 fully saturated rings. The number of carbonyl (C=O) groups excluding carboxylic acids is 1. The number of carbonyl (C=O) groups is 3. The van der Waals surface area contributed by atoms with Crippen molar-refractivity contribution in [1.29, 1.82) is 0 Å². The van der Waals surface area contributed by atoms with Crippen LogP contribution in [-0.4, -0.2) is 49.2 Å². The maximum absolute atomic E-state index is 12.3. The molecule has 2 heterocycles. The number of fused-ring (bicyclic) bond motifs is 1. The first-order valence-corrected chi connectivity index (χ1v) is 9.32. The number of nitrogens with one attached hydrogen (secondary N) is 1. The van der Waals surface area contributed by atoms with Crippen molar-refractivity contribution < 1.29 is 34.1 Å². The number of hydrogen-bond donors (Lipinski definition) is 5. The number of hydrogen-bond acceptors (Lipinski definition) is 8. The van der Waals surface area contributed by atoms with Crippen LogP contribution in [0.25, 0.3) is 11.1 Å². The maximum atomic E-state index is 12.3. The van der Waals surface area contributed by atoms with Crippen LogP contribution in [0.1, 0.15) is 34.5 Å². The molecule has 11 heteroatoms. The number of nitrogen functional groups attached to an aromatic ring is 1. The molecule has 2 aromatic heterocycles. The summed E-state index contributed by atoms with van der Waals surface area (Å²) in [5.74, 6) is -2.80. The average molecular weight is 428 g/mol. The van der Waals surface area contributed by atoms with Gasteiger partial charge in [-0.05, 0) is 36.6 Å². The van der Waals surface area contributed by atoms with Crippen molar-refractivity contribution in [2.45, 2.75) is 31.7 Å². The highest BCUT2D eigenvalue weighted by molar-refractivity contribution is 5.96. The molecule has 0 radical (unpaired) electrons. The van der Waals surface area contributed by atoms with Crippen LogP contribution in [0.3, 0.4) is 0 Å². The average Bonchev–Trinajstić information content (AvgIpc) is 3.12. The minimum absolute atomic E-state index is 0.0899. The number of nitrogens with two attached hydrogens (primary N) is 1. The molecule has 0 unspecified atom stereocenters. The Hall–Kier alpha value is -4.15. The molecule has 3 aromatic rings. The van der Waals surface area contributed by atoms with Crippen molar-refractivity contribution in [3.63, 3.8) is 0 Å². The van der Waals surface area contributed by atoms with Crippen molar-refractivity contribution in [3.8, 4) is 5.88 Å². The zero-order valence-corrected chi connectivity index (χ0v) is 16.2. The van der Waals surface area contributed by atoms with Gasteiger partial charge in [0.2, 0.25) is 17.5 Å². The standard InChI is InChI=1S/C20H20N4O7/c21-20-23-17(28)13-9-12(31-18(13)24-20)6-3-10-1-4-11(5-2-10)16(27)22-14(19(29)30)7-8-15(25)26/h1-2,4-5,9,14H,3,6-8H2,(H,22,27)(H,25,26)(H,29,30)(H3,21,23,24,28)/t14-/m0/s1. The van der Waals surface area contributed by atoms with Crippen LogP contribution in [0.2, 0.25) is 0 Å². The highest BCUT2D eigenvalue weighted by Gasteiger charge is 2.21. The van der Waals surface area contributed by atoms with Gasteiger partial charge < -0.3 is 30.8 Å². The molecule has 0 aliphatic rings. The fourth-order valence-electron chi connectivity index (χ4n) is 2.95. The first kappa shape index (κ1) is 21.6. The van der Waals surface area contributed by atoms with Gasteiger partial charge in [0.25, 0.3) is 5.91 Å². The molecule has 1 aromatic carbocycles. The molecule has 6 N–H and O–H groups in total. The van der Waals surface area contributed by atoms with Gasteiger partial charge in [-0.2, -0.15) is 9.97 Å². The molecule has 1 amide bonds.